The molecule has 0 aromatic carbocycles. The molecule has 0 amide bonds. The summed E-state index contributed by atoms with van der Waals surface area (Å²) in [6.07, 6.45) is 6.70. The zero-order valence-corrected chi connectivity index (χ0v) is 11.9. The molecule has 2 fully saturated rings. The van der Waals surface area contributed by atoms with E-state index in [1.54, 1.807) is 0 Å². The number of rotatable bonds is 1. The van der Waals surface area contributed by atoms with Crippen LogP contribution in [-0.2, 0) is 9.53 Å². The van der Waals surface area contributed by atoms with Crippen molar-refractivity contribution in [2.24, 2.45) is 16.7 Å². The SMILES string of the molecule is CC1(C)C(=O)C(C#N)=C[C@]2(C)CC[C@H](C3CC3)O[C@@H]12. The summed E-state index contributed by atoms with van der Waals surface area (Å²) in [5.74, 6) is 0.644. The van der Waals surface area contributed by atoms with Crippen LogP contribution in [0.2, 0.25) is 0 Å². The Morgan fingerprint density at radius 2 is 2.00 bits per heavy atom. The maximum Gasteiger partial charge on any atom is 0.181 e. The predicted octanol–water partition coefficient (Wildman–Crippen LogP) is 3.01. The molecule has 1 heterocycles. The summed E-state index contributed by atoms with van der Waals surface area (Å²) in [6, 6.07) is 2.07. The van der Waals surface area contributed by atoms with Gasteiger partial charge in [-0.1, -0.05) is 13.0 Å². The number of ketones is 1. The number of hydrogen-bond donors (Lipinski definition) is 0. The van der Waals surface area contributed by atoms with Gasteiger partial charge in [-0.2, -0.15) is 5.26 Å². The summed E-state index contributed by atoms with van der Waals surface area (Å²) < 4.78 is 6.32. The lowest BCUT2D eigenvalue weighted by molar-refractivity contribution is -0.174. The molecule has 3 rings (SSSR count). The highest BCUT2D eigenvalue weighted by molar-refractivity contribution is 6.04. The second-order valence-electron chi connectivity index (χ2n) is 7.16. The number of ether oxygens (including phenoxy) is 1. The van der Waals surface area contributed by atoms with Crippen molar-refractivity contribution < 1.29 is 9.53 Å². The zero-order valence-electron chi connectivity index (χ0n) is 11.9. The third kappa shape index (κ3) is 1.85. The van der Waals surface area contributed by atoms with Gasteiger partial charge in [0.2, 0.25) is 0 Å². The molecule has 0 radical (unpaired) electrons. The molecule has 19 heavy (non-hydrogen) atoms. The molecule has 2 aliphatic carbocycles. The van der Waals surface area contributed by atoms with Crippen molar-refractivity contribution in [1.82, 2.24) is 0 Å². The summed E-state index contributed by atoms with van der Waals surface area (Å²) in [4.78, 5) is 12.4. The van der Waals surface area contributed by atoms with Gasteiger partial charge in [-0.25, -0.2) is 0 Å². The molecule has 1 aliphatic heterocycles. The number of fused-ring (bicyclic) bond motifs is 1. The van der Waals surface area contributed by atoms with Crippen LogP contribution in [0.3, 0.4) is 0 Å². The van der Waals surface area contributed by atoms with Gasteiger partial charge < -0.3 is 4.74 Å². The third-order valence-electron chi connectivity index (χ3n) is 5.10. The first-order chi connectivity index (χ1) is 8.88. The fourth-order valence-electron chi connectivity index (χ4n) is 3.88. The minimum Gasteiger partial charge on any atom is -0.373 e. The summed E-state index contributed by atoms with van der Waals surface area (Å²) in [6.45, 7) is 5.99. The Kier molecular flexibility index (Phi) is 2.66. The summed E-state index contributed by atoms with van der Waals surface area (Å²) in [7, 11) is 0. The lowest BCUT2D eigenvalue weighted by atomic mass is 9.60. The minimum atomic E-state index is -0.595. The fraction of sp³-hybridized carbons (Fsp3) is 0.750. The molecular weight excluding hydrogens is 238 g/mol. The van der Waals surface area contributed by atoms with Crippen LogP contribution in [0.1, 0.15) is 46.5 Å². The number of allylic oxidation sites excluding steroid dienone is 1. The van der Waals surface area contributed by atoms with Crippen molar-refractivity contribution in [1.29, 1.82) is 5.26 Å². The second kappa shape index (κ2) is 3.93. The summed E-state index contributed by atoms with van der Waals surface area (Å²) in [5, 5.41) is 9.17. The number of carbonyl (C=O) groups is 1. The van der Waals surface area contributed by atoms with E-state index in [1.165, 1.54) is 12.8 Å². The largest absolute Gasteiger partial charge is 0.373 e. The van der Waals surface area contributed by atoms with Crippen LogP contribution in [0.5, 0.6) is 0 Å². The smallest absolute Gasteiger partial charge is 0.181 e. The number of Topliss-reactive ketones (excluding diaryl/α,β-unsaturated/α-hetero) is 1. The van der Waals surface area contributed by atoms with E-state index in [4.69, 9.17) is 10.00 Å². The van der Waals surface area contributed by atoms with E-state index in [0.29, 0.717) is 17.6 Å². The molecule has 0 spiro atoms. The molecule has 1 saturated heterocycles. The highest BCUT2D eigenvalue weighted by atomic mass is 16.5. The fourth-order valence-corrected chi connectivity index (χ4v) is 3.88. The van der Waals surface area contributed by atoms with Gasteiger partial charge in [0.15, 0.2) is 5.78 Å². The Bertz CT molecular complexity index is 495. The van der Waals surface area contributed by atoms with E-state index >= 15 is 0 Å². The minimum absolute atomic E-state index is 0.0612. The highest BCUT2D eigenvalue weighted by Gasteiger charge is 2.56. The molecule has 3 nitrogen and oxygen atoms in total. The first kappa shape index (κ1) is 12.9. The summed E-state index contributed by atoms with van der Waals surface area (Å²) in [5.41, 5.74) is -0.451. The van der Waals surface area contributed by atoms with E-state index in [2.05, 4.69) is 13.0 Å². The molecule has 0 aromatic rings. The molecule has 0 aromatic heterocycles. The number of hydrogen-bond acceptors (Lipinski definition) is 3. The lowest BCUT2D eigenvalue weighted by Crippen LogP contribution is -2.56. The normalized spacial score (nSPS) is 41.2. The molecule has 1 saturated carbocycles. The first-order valence-electron chi connectivity index (χ1n) is 7.22. The van der Waals surface area contributed by atoms with Crippen LogP contribution in [0.15, 0.2) is 11.6 Å². The summed E-state index contributed by atoms with van der Waals surface area (Å²) >= 11 is 0. The highest BCUT2D eigenvalue weighted by Crippen LogP contribution is 2.53. The van der Waals surface area contributed by atoms with Crippen LogP contribution in [-0.4, -0.2) is 18.0 Å². The van der Waals surface area contributed by atoms with Gasteiger partial charge in [-0.15, -0.1) is 0 Å². The van der Waals surface area contributed by atoms with E-state index in [9.17, 15) is 4.79 Å². The Morgan fingerprint density at radius 1 is 1.32 bits per heavy atom. The molecule has 0 bridgehead atoms. The monoisotopic (exact) mass is 259 g/mol. The molecule has 0 unspecified atom stereocenters. The van der Waals surface area contributed by atoms with Gasteiger partial charge in [0.25, 0.3) is 0 Å². The molecular formula is C16H21NO2. The van der Waals surface area contributed by atoms with Crippen molar-refractivity contribution in [3.63, 3.8) is 0 Å². The van der Waals surface area contributed by atoms with E-state index in [1.807, 2.05) is 19.9 Å². The van der Waals surface area contributed by atoms with Crippen LogP contribution in [0.25, 0.3) is 0 Å². The maximum atomic E-state index is 12.4. The van der Waals surface area contributed by atoms with Gasteiger partial charge in [0, 0.05) is 5.41 Å². The van der Waals surface area contributed by atoms with Crippen molar-refractivity contribution >= 4 is 5.78 Å². The number of nitrogens with zero attached hydrogens (tertiary/aromatic N) is 1. The maximum absolute atomic E-state index is 12.4. The average Bonchev–Trinajstić information content (AvgIpc) is 3.18. The predicted molar refractivity (Wildman–Crippen MR) is 71.2 cm³/mol. The van der Waals surface area contributed by atoms with Crippen molar-refractivity contribution in [2.75, 3.05) is 0 Å². The molecule has 3 heteroatoms. The van der Waals surface area contributed by atoms with E-state index in [0.717, 1.165) is 12.8 Å². The van der Waals surface area contributed by atoms with Crippen LogP contribution in [0.4, 0.5) is 0 Å². The number of carbonyl (C=O) groups excluding carboxylic acids is 1. The quantitative estimate of drug-likeness (QED) is 0.727. The zero-order chi connectivity index (χ0) is 13.8. The lowest BCUT2D eigenvalue weighted by Gasteiger charge is -2.51. The van der Waals surface area contributed by atoms with Gasteiger partial charge in [0.1, 0.15) is 6.07 Å². The van der Waals surface area contributed by atoms with E-state index in [-0.39, 0.29) is 17.3 Å². The second-order valence-corrected chi connectivity index (χ2v) is 7.16. The first-order valence-corrected chi connectivity index (χ1v) is 7.22. The average molecular weight is 259 g/mol. The van der Waals surface area contributed by atoms with Crippen molar-refractivity contribution in [3.8, 4) is 6.07 Å². The van der Waals surface area contributed by atoms with Gasteiger partial charge in [0.05, 0.1) is 23.2 Å². The molecule has 3 aliphatic rings. The van der Waals surface area contributed by atoms with Gasteiger partial charge in [-0.05, 0) is 45.4 Å². The Hall–Kier alpha value is -1.14. The standard InChI is InChI=1S/C16H21NO2/c1-15(2)13(18)11(9-17)8-16(3)7-6-12(10-4-5-10)19-14(15)16/h8,10,12,14H,4-7H2,1-3H3/t12-,14+,16+/m1/s1. The molecule has 3 atom stereocenters. The van der Waals surface area contributed by atoms with Crippen molar-refractivity contribution in [3.05, 3.63) is 11.6 Å². The van der Waals surface area contributed by atoms with E-state index < -0.39 is 5.41 Å². The Morgan fingerprint density at radius 3 is 2.58 bits per heavy atom. The van der Waals surface area contributed by atoms with Gasteiger partial charge in [-0.3, -0.25) is 4.79 Å². The Balaban J connectivity index is 1.98. The van der Waals surface area contributed by atoms with Gasteiger partial charge >= 0.3 is 0 Å². The van der Waals surface area contributed by atoms with Crippen LogP contribution in [0, 0.1) is 28.1 Å². The van der Waals surface area contributed by atoms with Crippen molar-refractivity contribution in [2.45, 2.75) is 58.7 Å². The molecule has 102 valence electrons. The molecule has 0 N–H and O–H groups in total. The number of nitriles is 1. The van der Waals surface area contributed by atoms with Crippen LogP contribution < -0.4 is 0 Å². The van der Waals surface area contributed by atoms with Crippen LogP contribution >= 0.6 is 0 Å². The Labute approximate surface area is 114 Å². The third-order valence-corrected chi connectivity index (χ3v) is 5.10. The topological polar surface area (TPSA) is 50.1 Å².